The largest absolute Gasteiger partial charge is 1.00 e. The normalized spacial score (nSPS) is 9.15. The van der Waals surface area contributed by atoms with E-state index >= 15 is 0 Å². The van der Waals surface area contributed by atoms with E-state index < -0.39 is 28.2 Å². The summed E-state index contributed by atoms with van der Waals surface area (Å²) in [4.78, 5) is 10.1. The first-order chi connectivity index (χ1) is 5.52. The van der Waals surface area contributed by atoms with Gasteiger partial charge in [0.2, 0.25) is 0 Å². The fourth-order valence-electron chi connectivity index (χ4n) is 0.679. The van der Waals surface area contributed by atoms with Gasteiger partial charge in [-0.05, 0) is 12.1 Å². The molecule has 0 saturated carbocycles. The van der Waals surface area contributed by atoms with Gasteiger partial charge in [0.25, 0.3) is 0 Å². The third-order valence-corrected chi connectivity index (χ3v) is 1.52. The second-order valence-electron chi connectivity index (χ2n) is 2.03. The number of rotatable bonds is 1. The fourth-order valence-corrected chi connectivity index (χ4v) is 0.829. The quantitative estimate of drug-likeness (QED) is 0.400. The second-order valence-corrected chi connectivity index (χ2v) is 2.44. The number of benzene rings is 1. The standard InChI is InChI=1S/C7H3ClF2O2.Na/c8-4-2-5(9)3(7(11)12)1-6(4)10;/h1-2H,(H,11,12);/q;+1/p-1. The van der Waals surface area contributed by atoms with E-state index in [0.717, 1.165) is 0 Å². The molecule has 0 aromatic heterocycles. The van der Waals surface area contributed by atoms with E-state index in [4.69, 9.17) is 11.6 Å². The molecule has 0 N–H and O–H groups in total. The molecule has 6 heteroatoms. The summed E-state index contributed by atoms with van der Waals surface area (Å²) in [6, 6.07) is 1.06. The van der Waals surface area contributed by atoms with Gasteiger partial charge in [-0.15, -0.1) is 0 Å². The minimum Gasteiger partial charge on any atom is -0.545 e. The smallest absolute Gasteiger partial charge is 0.545 e. The molecule has 0 radical (unpaired) electrons. The molecule has 1 aromatic carbocycles. The fraction of sp³-hybridized carbons (Fsp3) is 0. The van der Waals surface area contributed by atoms with Crippen molar-refractivity contribution >= 4 is 17.6 Å². The number of aromatic carboxylic acids is 1. The van der Waals surface area contributed by atoms with Gasteiger partial charge in [-0.2, -0.15) is 0 Å². The molecule has 0 heterocycles. The Balaban J connectivity index is 0.00000144. The first kappa shape index (κ1) is 12.8. The van der Waals surface area contributed by atoms with E-state index in [1.807, 2.05) is 0 Å². The molecule has 1 rings (SSSR count). The van der Waals surface area contributed by atoms with E-state index in [1.165, 1.54) is 0 Å². The Bertz CT molecular complexity index is 344. The Morgan fingerprint density at radius 2 is 1.85 bits per heavy atom. The minimum atomic E-state index is -1.77. The average molecular weight is 215 g/mol. The molecule has 0 aliphatic carbocycles. The summed E-state index contributed by atoms with van der Waals surface area (Å²) in [6.07, 6.45) is 0. The topological polar surface area (TPSA) is 40.1 Å². The number of carboxylic acids is 1. The maximum atomic E-state index is 12.6. The van der Waals surface area contributed by atoms with Crippen LogP contribution in [0.4, 0.5) is 8.78 Å². The molecule has 0 aliphatic heterocycles. The molecule has 0 unspecified atom stereocenters. The van der Waals surface area contributed by atoms with Crippen molar-refractivity contribution in [1.82, 2.24) is 0 Å². The molecule has 2 nitrogen and oxygen atoms in total. The third kappa shape index (κ3) is 2.91. The van der Waals surface area contributed by atoms with Gasteiger partial charge in [-0.1, -0.05) is 11.6 Å². The van der Waals surface area contributed by atoms with E-state index in [0.29, 0.717) is 12.1 Å². The number of carbonyl (C=O) groups excluding carboxylic acids is 1. The van der Waals surface area contributed by atoms with Gasteiger partial charge in [0, 0.05) is 5.56 Å². The van der Waals surface area contributed by atoms with Crippen molar-refractivity contribution in [1.29, 1.82) is 0 Å². The molecule has 0 fully saturated rings. The maximum Gasteiger partial charge on any atom is 1.00 e. The Morgan fingerprint density at radius 1 is 1.31 bits per heavy atom. The first-order valence-corrected chi connectivity index (χ1v) is 3.26. The zero-order valence-electron chi connectivity index (χ0n) is 6.61. The van der Waals surface area contributed by atoms with Crippen molar-refractivity contribution in [2.45, 2.75) is 0 Å². The summed E-state index contributed by atoms with van der Waals surface area (Å²) in [5.74, 6) is -3.87. The van der Waals surface area contributed by atoms with E-state index in [1.54, 1.807) is 0 Å². The minimum absolute atomic E-state index is 0. The Hall–Kier alpha value is -0.160. The Morgan fingerprint density at radius 3 is 2.31 bits per heavy atom. The third-order valence-electron chi connectivity index (χ3n) is 1.23. The SMILES string of the molecule is O=C([O-])c1cc(F)c(Cl)cc1F.[Na+]. The summed E-state index contributed by atoms with van der Waals surface area (Å²) in [6.45, 7) is 0. The second kappa shape index (κ2) is 4.91. The molecular formula is C7H2ClF2NaO2. The average Bonchev–Trinajstić information content (AvgIpc) is 1.96. The van der Waals surface area contributed by atoms with Crippen LogP contribution in [-0.4, -0.2) is 5.97 Å². The number of halogens is 3. The van der Waals surface area contributed by atoms with Gasteiger partial charge in [-0.25, -0.2) is 8.78 Å². The zero-order chi connectivity index (χ0) is 9.30. The molecule has 0 aliphatic rings. The molecule has 13 heavy (non-hydrogen) atoms. The molecule has 0 bridgehead atoms. The van der Waals surface area contributed by atoms with Crippen LogP contribution >= 0.6 is 11.6 Å². The van der Waals surface area contributed by atoms with Gasteiger partial charge in [0.15, 0.2) is 0 Å². The van der Waals surface area contributed by atoms with Crippen LogP contribution in [0.3, 0.4) is 0 Å². The van der Waals surface area contributed by atoms with E-state index in [-0.39, 0.29) is 29.6 Å². The van der Waals surface area contributed by atoms with Crippen LogP contribution in [-0.2, 0) is 0 Å². The van der Waals surface area contributed by atoms with Gasteiger partial charge >= 0.3 is 29.6 Å². The molecule has 1 aromatic rings. The number of hydrogen-bond acceptors (Lipinski definition) is 2. The van der Waals surface area contributed by atoms with Crippen molar-refractivity contribution in [3.8, 4) is 0 Å². The van der Waals surface area contributed by atoms with Crippen molar-refractivity contribution < 1.29 is 48.2 Å². The van der Waals surface area contributed by atoms with Crippen LogP contribution in [0.15, 0.2) is 12.1 Å². The number of hydrogen-bond donors (Lipinski definition) is 0. The van der Waals surface area contributed by atoms with E-state index in [2.05, 4.69) is 0 Å². The van der Waals surface area contributed by atoms with Crippen LogP contribution in [0.2, 0.25) is 5.02 Å². The van der Waals surface area contributed by atoms with E-state index in [9.17, 15) is 18.7 Å². The summed E-state index contributed by atoms with van der Waals surface area (Å²) in [5, 5.41) is 9.66. The van der Waals surface area contributed by atoms with Gasteiger partial charge in [0.05, 0.1) is 11.0 Å². The van der Waals surface area contributed by atoms with Crippen molar-refractivity contribution in [2.24, 2.45) is 0 Å². The van der Waals surface area contributed by atoms with Crippen molar-refractivity contribution in [2.75, 3.05) is 0 Å². The first-order valence-electron chi connectivity index (χ1n) is 2.88. The predicted molar refractivity (Wildman–Crippen MR) is 35.7 cm³/mol. The molecule has 64 valence electrons. The molecule has 0 saturated heterocycles. The van der Waals surface area contributed by atoms with Crippen LogP contribution < -0.4 is 34.7 Å². The van der Waals surface area contributed by atoms with Gasteiger partial charge in [-0.3, -0.25) is 0 Å². The van der Waals surface area contributed by atoms with Crippen LogP contribution in [0.25, 0.3) is 0 Å². The molecule has 0 atom stereocenters. The maximum absolute atomic E-state index is 12.6. The number of carboxylic acid groups (broad SMARTS) is 1. The van der Waals surface area contributed by atoms with Crippen molar-refractivity contribution in [3.63, 3.8) is 0 Å². The van der Waals surface area contributed by atoms with Crippen LogP contribution in [0.5, 0.6) is 0 Å². The van der Waals surface area contributed by atoms with Crippen molar-refractivity contribution in [3.05, 3.63) is 34.4 Å². The summed E-state index contributed by atoms with van der Waals surface area (Å²) in [5.41, 5.74) is -0.836. The van der Waals surface area contributed by atoms with Gasteiger partial charge in [0.1, 0.15) is 11.6 Å². The molecular weight excluding hydrogens is 213 g/mol. The molecule has 0 amide bonds. The van der Waals surface area contributed by atoms with Gasteiger partial charge < -0.3 is 9.90 Å². The molecule has 0 spiro atoms. The predicted octanol–water partition coefficient (Wildman–Crippen LogP) is -2.01. The Kier molecular flexibility index (Phi) is 4.85. The number of carbonyl (C=O) groups is 1. The summed E-state index contributed by atoms with van der Waals surface area (Å²) < 4.78 is 25.1. The monoisotopic (exact) mass is 214 g/mol. The summed E-state index contributed by atoms with van der Waals surface area (Å²) >= 11 is 5.16. The zero-order valence-corrected chi connectivity index (χ0v) is 9.36. The Labute approximate surface area is 99.8 Å². The summed E-state index contributed by atoms with van der Waals surface area (Å²) in [7, 11) is 0. The van der Waals surface area contributed by atoms with Crippen LogP contribution in [0, 0.1) is 11.6 Å². The van der Waals surface area contributed by atoms with Crippen LogP contribution in [0.1, 0.15) is 10.4 Å².